The van der Waals surface area contributed by atoms with Crippen LogP contribution in [-0.2, 0) is 0 Å². The molecule has 0 radical (unpaired) electrons. The average Bonchev–Trinajstić information content (AvgIpc) is 2.35. The van der Waals surface area contributed by atoms with E-state index in [1.165, 1.54) is 6.42 Å². The van der Waals surface area contributed by atoms with Gasteiger partial charge in [0.1, 0.15) is 0 Å². The Morgan fingerprint density at radius 3 is 2.20 bits per heavy atom. The molecule has 3 heteroatoms. The molecule has 3 atom stereocenters. The Morgan fingerprint density at radius 2 is 1.60 bits per heavy atom. The zero-order chi connectivity index (χ0) is 15.0. The molecule has 0 spiro atoms. The number of hydrogen-bond donors (Lipinski definition) is 2. The molecule has 1 saturated heterocycles. The summed E-state index contributed by atoms with van der Waals surface area (Å²) in [6.07, 6.45) is 9.67. The van der Waals surface area contributed by atoms with Gasteiger partial charge in [-0.2, -0.15) is 0 Å². The summed E-state index contributed by atoms with van der Waals surface area (Å²) in [5.74, 6) is 0.220. The molecule has 0 aromatic heterocycles. The first-order chi connectivity index (χ1) is 9.17. The second-order valence-electron chi connectivity index (χ2n) is 7.90. The first kappa shape index (κ1) is 16.0. The van der Waals surface area contributed by atoms with Crippen LogP contribution in [0.15, 0.2) is 12.2 Å². The van der Waals surface area contributed by atoms with E-state index >= 15 is 0 Å². The van der Waals surface area contributed by atoms with Crippen LogP contribution in [0.2, 0.25) is 0 Å². The van der Waals surface area contributed by atoms with Gasteiger partial charge >= 0.3 is 0 Å². The maximum Gasteiger partial charge on any atom is 0.0963 e. The van der Waals surface area contributed by atoms with Crippen molar-refractivity contribution in [1.82, 2.24) is 0 Å². The third kappa shape index (κ3) is 3.26. The van der Waals surface area contributed by atoms with Crippen LogP contribution in [0.25, 0.3) is 0 Å². The van der Waals surface area contributed by atoms with Crippen molar-refractivity contribution in [3.63, 3.8) is 0 Å². The minimum atomic E-state index is -0.764. The van der Waals surface area contributed by atoms with E-state index in [9.17, 15) is 10.2 Å². The molecule has 3 nitrogen and oxygen atoms in total. The lowest BCUT2D eigenvalue weighted by Gasteiger charge is -2.49. The summed E-state index contributed by atoms with van der Waals surface area (Å²) in [6.45, 7) is 5.31. The quantitative estimate of drug-likeness (QED) is 0.603. The van der Waals surface area contributed by atoms with E-state index in [-0.39, 0.29) is 5.92 Å². The van der Waals surface area contributed by atoms with Crippen molar-refractivity contribution >= 4 is 0 Å². The number of likely N-dealkylation sites (tertiary alicyclic amines) is 1. The molecular weight excluding hydrogens is 250 g/mol. The molecule has 20 heavy (non-hydrogen) atoms. The predicted octanol–water partition coefficient (Wildman–Crippen LogP) is 2.47. The first-order valence-electron chi connectivity index (χ1n) is 8.15. The highest BCUT2D eigenvalue weighted by atomic mass is 16.3. The molecule has 2 N–H and O–H groups in total. The Kier molecular flexibility index (Phi) is 4.35. The van der Waals surface area contributed by atoms with Gasteiger partial charge in [0.15, 0.2) is 0 Å². The lowest BCUT2D eigenvalue weighted by molar-refractivity contribution is -0.924. The first-order valence-corrected chi connectivity index (χ1v) is 8.15. The van der Waals surface area contributed by atoms with Crippen LogP contribution in [0.5, 0.6) is 0 Å². The van der Waals surface area contributed by atoms with Crippen LogP contribution in [0.1, 0.15) is 52.4 Å². The fourth-order valence-corrected chi connectivity index (χ4v) is 3.83. The SMILES string of the molecule is CC1C[N+](C)(C)C(C)CC1(O)C=CC1(O)CCCCC1. The van der Waals surface area contributed by atoms with Crippen molar-refractivity contribution < 1.29 is 14.7 Å². The van der Waals surface area contributed by atoms with E-state index in [0.717, 1.165) is 43.1 Å². The predicted molar refractivity (Wildman–Crippen MR) is 82.3 cm³/mol. The molecular formula is C17H32NO2+. The lowest BCUT2D eigenvalue weighted by atomic mass is 9.76. The van der Waals surface area contributed by atoms with Gasteiger partial charge in [-0.05, 0) is 19.8 Å². The summed E-state index contributed by atoms with van der Waals surface area (Å²) in [4.78, 5) is 0. The van der Waals surface area contributed by atoms with Gasteiger partial charge in [-0.25, -0.2) is 0 Å². The number of rotatable bonds is 2. The molecule has 1 heterocycles. The average molecular weight is 282 g/mol. The summed E-state index contributed by atoms with van der Waals surface area (Å²) >= 11 is 0. The van der Waals surface area contributed by atoms with Gasteiger partial charge in [0, 0.05) is 12.3 Å². The van der Waals surface area contributed by atoms with Crippen molar-refractivity contribution in [3.8, 4) is 0 Å². The Balaban J connectivity index is 2.10. The molecule has 0 bridgehead atoms. The van der Waals surface area contributed by atoms with Crippen LogP contribution in [0.4, 0.5) is 0 Å². The molecule has 2 aliphatic rings. The number of quaternary nitrogens is 1. The molecule has 3 unspecified atom stereocenters. The minimum absolute atomic E-state index is 0.220. The van der Waals surface area contributed by atoms with Gasteiger partial charge < -0.3 is 14.7 Å². The third-order valence-corrected chi connectivity index (χ3v) is 5.81. The molecule has 116 valence electrons. The fraction of sp³-hybridized carbons (Fsp3) is 0.882. The van der Waals surface area contributed by atoms with Crippen molar-refractivity contribution in [2.24, 2.45) is 5.92 Å². The highest BCUT2D eigenvalue weighted by Gasteiger charge is 2.46. The molecule has 0 amide bonds. The van der Waals surface area contributed by atoms with Gasteiger partial charge in [-0.3, -0.25) is 0 Å². The zero-order valence-corrected chi connectivity index (χ0v) is 13.6. The van der Waals surface area contributed by atoms with E-state index in [1.807, 2.05) is 12.2 Å². The third-order valence-electron chi connectivity index (χ3n) is 5.81. The molecule has 2 rings (SSSR count). The topological polar surface area (TPSA) is 40.5 Å². The summed E-state index contributed by atoms with van der Waals surface area (Å²) in [5, 5.41) is 21.5. The molecule has 1 saturated carbocycles. The van der Waals surface area contributed by atoms with Crippen LogP contribution >= 0.6 is 0 Å². The normalized spacial score (nSPS) is 40.9. The maximum atomic E-state index is 11.0. The highest BCUT2D eigenvalue weighted by Crippen LogP contribution is 2.37. The van der Waals surface area contributed by atoms with Crippen molar-refractivity contribution in [2.75, 3.05) is 20.6 Å². The Morgan fingerprint density at radius 1 is 1.00 bits per heavy atom. The fourth-order valence-electron chi connectivity index (χ4n) is 3.83. The number of nitrogens with zero attached hydrogens (tertiary/aromatic N) is 1. The van der Waals surface area contributed by atoms with E-state index in [2.05, 4.69) is 27.9 Å². The smallest absolute Gasteiger partial charge is 0.0963 e. The van der Waals surface area contributed by atoms with Crippen LogP contribution in [0.3, 0.4) is 0 Å². The number of hydrogen-bond acceptors (Lipinski definition) is 2. The number of piperidine rings is 1. The molecule has 0 aromatic rings. The number of aliphatic hydroxyl groups is 2. The highest BCUT2D eigenvalue weighted by molar-refractivity contribution is 5.12. The van der Waals surface area contributed by atoms with Crippen molar-refractivity contribution in [2.45, 2.75) is 69.6 Å². The van der Waals surface area contributed by atoms with Gasteiger partial charge in [0.25, 0.3) is 0 Å². The van der Waals surface area contributed by atoms with Crippen LogP contribution in [-0.4, -0.2) is 52.6 Å². The summed E-state index contributed by atoms with van der Waals surface area (Å²) in [5.41, 5.74) is -1.45. The zero-order valence-electron chi connectivity index (χ0n) is 13.6. The molecule has 0 aromatic carbocycles. The van der Waals surface area contributed by atoms with Gasteiger partial charge in [0.05, 0.1) is 37.9 Å². The van der Waals surface area contributed by atoms with Gasteiger partial charge in [0.2, 0.25) is 0 Å². The Bertz CT molecular complexity index is 371. The minimum Gasteiger partial charge on any atom is -0.386 e. The molecule has 1 aliphatic carbocycles. The Labute approximate surface area is 123 Å². The van der Waals surface area contributed by atoms with Gasteiger partial charge in [-0.1, -0.05) is 38.3 Å². The largest absolute Gasteiger partial charge is 0.386 e. The van der Waals surface area contributed by atoms with E-state index in [4.69, 9.17) is 0 Å². The summed E-state index contributed by atoms with van der Waals surface area (Å²) in [7, 11) is 4.47. The summed E-state index contributed by atoms with van der Waals surface area (Å²) in [6, 6.07) is 0.432. The van der Waals surface area contributed by atoms with E-state index in [0.29, 0.717) is 6.04 Å². The second-order valence-corrected chi connectivity index (χ2v) is 7.90. The molecule has 1 aliphatic heterocycles. The van der Waals surface area contributed by atoms with Crippen LogP contribution in [0, 0.1) is 5.92 Å². The maximum absolute atomic E-state index is 11.0. The van der Waals surface area contributed by atoms with E-state index < -0.39 is 11.2 Å². The standard InChI is InChI=1S/C17H32NO2/c1-14-13-18(3,4)15(2)12-17(14,20)11-10-16(19)8-6-5-7-9-16/h10-11,14-15,19-20H,5-9,12-13H2,1-4H3/q+1. The van der Waals surface area contributed by atoms with Crippen molar-refractivity contribution in [1.29, 1.82) is 0 Å². The van der Waals surface area contributed by atoms with Crippen LogP contribution < -0.4 is 0 Å². The molecule has 2 fully saturated rings. The Hall–Kier alpha value is -0.380. The summed E-state index contributed by atoms with van der Waals surface area (Å²) < 4.78 is 0.960. The second kappa shape index (κ2) is 5.43. The lowest BCUT2D eigenvalue weighted by Crippen LogP contribution is -2.61. The monoisotopic (exact) mass is 282 g/mol. The van der Waals surface area contributed by atoms with Crippen molar-refractivity contribution in [3.05, 3.63) is 12.2 Å². The van der Waals surface area contributed by atoms with Gasteiger partial charge in [-0.15, -0.1) is 0 Å². The van der Waals surface area contributed by atoms with E-state index in [1.54, 1.807) is 0 Å².